The van der Waals surface area contributed by atoms with E-state index in [0.717, 1.165) is 11.1 Å². The van der Waals surface area contributed by atoms with Crippen molar-refractivity contribution in [2.45, 2.75) is 205 Å². The molecule has 1 aromatic carbocycles. The fourth-order valence-electron chi connectivity index (χ4n) is 10.6. The molecule has 5 rings (SSSR count). The molecule has 20 heteroatoms. The second kappa shape index (κ2) is 23.6. The highest BCUT2D eigenvalue weighted by Gasteiger charge is 2.53. The standard InChI is InChI=1S/C49H82N6O14/c1-14-37-49(10,62)42(58)31(6)54(25-33-15-17-34(18-16-33)35-26-55(52-50-35)20-19-38(56)51-63)24-27(2)22-47(8,61)44(69-46-40(57)36(53(11)12)21-28(3)65-46)29(4)41(30(5)45(60)67-37)68-39-23-48(9,64-13)43(59)32(7)66-39/h15-18,26-32,36-37,39-44,46,57-59,61-63H,14,19-25H2,1-13H3,(H,51,56)/t27-,28-,29+,30-,31+,32-,36+,37-,39-,40-,41+,42-,43-,44-,46+,47+,48+,49-/m1/s1. The van der Waals surface area contributed by atoms with E-state index in [-0.39, 0.29) is 50.3 Å². The fourth-order valence-corrected chi connectivity index (χ4v) is 10.6. The lowest BCUT2D eigenvalue weighted by atomic mass is 9.77. The number of hydrogen-bond donors (Lipinski definition) is 7. The second-order valence-electron chi connectivity index (χ2n) is 21.0. The van der Waals surface area contributed by atoms with Crippen molar-refractivity contribution in [2.24, 2.45) is 17.8 Å². The summed E-state index contributed by atoms with van der Waals surface area (Å²) in [6.45, 7) is 18.3. The minimum Gasteiger partial charge on any atom is -0.459 e. The van der Waals surface area contributed by atoms with E-state index in [9.17, 15) is 35.1 Å². The number of aliphatic hydroxyl groups is 5. The van der Waals surface area contributed by atoms with Crippen LogP contribution in [-0.4, -0.2) is 185 Å². The average molecular weight is 979 g/mol. The van der Waals surface area contributed by atoms with E-state index < -0.39 is 102 Å². The summed E-state index contributed by atoms with van der Waals surface area (Å²) < 4.78 is 39.7. The molecule has 7 N–H and O–H groups in total. The minimum absolute atomic E-state index is 0.0200. The lowest BCUT2D eigenvalue weighted by Crippen LogP contribution is -2.60. The predicted molar refractivity (Wildman–Crippen MR) is 252 cm³/mol. The Balaban J connectivity index is 1.55. The molecule has 0 unspecified atom stereocenters. The van der Waals surface area contributed by atoms with Gasteiger partial charge in [-0.25, -0.2) is 5.48 Å². The average Bonchev–Trinajstić information content (AvgIpc) is 3.78. The molecule has 3 fully saturated rings. The Bertz CT molecular complexity index is 1950. The van der Waals surface area contributed by atoms with E-state index in [1.807, 2.05) is 62.0 Å². The number of carbonyl (C=O) groups excluding carboxylic acids is 2. The number of carbonyl (C=O) groups is 2. The Morgan fingerprint density at radius 1 is 0.971 bits per heavy atom. The second-order valence-corrected chi connectivity index (χ2v) is 21.0. The van der Waals surface area contributed by atoms with Crippen LogP contribution in [0.5, 0.6) is 0 Å². The number of esters is 1. The first-order valence-electron chi connectivity index (χ1n) is 24.5. The third-order valence-corrected chi connectivity index (χ3v) is 14.9. The van der Waals surface area contributed by atoms with E-state index >= 15 is 0 Å². The van der Waals surface area contributed by atoms with Gasteiger partial charge in [0.15, 0.2) is 12.6 Å². The maximum Gasteiger partial charge on any atom is 0.311 e. The number of methoxy groups -OCH3 is 1. The van der Waals surface area contributed by atoms with Crippen molar-refractivity contribution >= 4 is 11.9 Å². The van der Waals surface area contributed by atoms with Crippen LogP contribution < -0.4 is 5.48 Å². The van der Waals surface area contributed by atoms with Crippen LogP contribution in [0.4, 0.5) is 0 Å². The van der Waals surface area contributed by atoms with Gasteiger partial charge in [0.2, 0.25) is 5.91 Å². The van der Waals surface area contributed by atoms with Gasteiger partial charge in [-0.1, -0.05) is 50.3 Å². The van der Waals surface area contributed by atoms with Crippen LogP contribution in [0.2, 0.25) is 0 Å². The minimum atomic E-state index is -1.94. The van der Waals surface area contributed by atoms with Gasteiger partial charge >= 0.3 is 5.97 Å². The molecular weight excluding hydrogens is 897 g/mol. The molecule has 0 bridgehead atoms. The van der Waals surface area contributed by atoms with Crippen molar-refractivity contribution in [3.05, 3.63) is 36.0 Å². The summed E-state index contributed by atoms with van der Waals surface area (Å²) in [4.78, 5) is 30.1. The van der Waals surface area contributed by atoms with Gasteiger partial charge in [-0.2, -0.15) is 0 Å². The maximum absolute atomic E-state index is 14.6. The SMILES string of the molecule is CC[C@H]1OC(=O)[C@H](C)[C@@H](O[C@@H]2C[C@](C)(OC)[C@H](O)[C@@H](C)O2)[C@H](C)[C@@H](O[C@@H]2O[C@H](C)C[C@H](N(C)C)[C@H]2O)[C@@](C)(O)C[C@@H](C)CN(Cc2ccc(-c3cn(CCC(=O)NO)nn3)cc2)[C@@H](C)[C@@H](O)[C@]1(C)O. The molecule has 392 valence electrons. The molecule has 0 radical (unpaired) electrons. The first-order chi connectivity index (χ1) is 32.3. The summed E-state index contributed by atoms with van der Waals surface area (Å²) in [5.74, 6) is -3.47. The van der Waals surface area contributed by atoms with Crippen LogP contribution in [0.25, 0.3) is 11.3 Å². The van der Waals surface area contributed by atoms with E-state index in [2.05, 4.69) is 10.3 Å². The number of aryl methyl sites for hydroxylation is 1. The Hall–Kier alpha value is -3.22. The zero-order valence-corrected chi connectivity index (χ0v) is 42.9. The summed E-state index contributed by atoms with van der Waals surface area (Å²) in [5, 5.41) is 77.5. The topological polar surface area (TPSA) is 260 Å². The molecule has 4 heterocycles. The molecule has 18 atom stereocenters. The molecule has 3 aliphatic heterocycles. The summed E-state index contributed by atoms with van der Waals surface area (Å²) in [6, 6.07) is 6.58. The van der Waals surface area contributed by atoms with Crippen LogP contribution in [0, 0.1) is 17.8 Å². The van der Waals surface area contributed by atoms with Crippen molar-refractivity contribution in [1.82, 2.24) is 30.3 Å². The summed E-state index contributed by atoms with van der Waals surface area (Å²) >= 11 is 0. The molecule has 1 aromatic heterocycles. The number of rotatable bonds is 13. The highest BCUT2D eigenvalue weighted by atomic mass is 16.7. The summed E-state index contributed by atoms with van der Waals surface area (Å²) in [7, 11) is 5.24. The zero-order valence-electron chi connectivity index (χ0n) is 42.9. The monoisotopic (exact) mass is 979 g/mol. The quantitative estimate of drug-likeness (QED) is 0.0865. The van der Waals surface area contributed by atoms with Gasteiger partial charge in [0.25, 0.3) is 0 Å². The number of nitrogens with zero attached hydrogens (tertiary/aromatic N) is 5. The Kier molecular flexibility index (Phi) is 19.3. The Morgan fingerprint density at radius 2 is 1.64 bits per heavy atom. The van der Waals surface area contributed by atoms with Crippen LogP contribution in [0.3, 0.4) is 0 Å². The van der Waals surface area contributed by atoms with E-state index in [0.29, 0.717) is 25.2 Å². The zero-order chi connectivity index (χ0) is 51.3. The number of ether oxygens (including phenoxy) is 6. The highest BCUT2D eigenvalue weighted by Crippen LogP contribution is 2.40. The van der Waals surface area contributed by atoms with Gasteiger partial charge in [-0.05, 0) is 93.3 Å². The normalized spacial score (nSPS) is 40.2. The Labute approximate surface area is 407 Å². The molecule has 0 saturated carbocycles. The molecule has 20 nitrogen and oxygen atoms in total. The summed E-state index contributed by atoms with van der Waals surface area (Å²) in [5.41, 5.74) is -0.859. The smallest absolute Gasteiger partial charge is 0.311 e. The highest BCUT2D eigenvalue weighted by molar-refractivity contribution is 5.74. The van der Waals surface area contributed by atoms with Crippen molar-refractivity contribution in [2.75, 3.05) is 27.7 Å². The first kappa shape index (κ1) is 56.7. The lowest BCUT2D eigenvalue weighted by molar-refractivity contribution is -0.318. The molecule has 0 aliphatic carbocycles. The van der Waals surface area contributed by atoms with Gasteiger partial charge in [-0.3, -0.25) is 24.4 Å². The van der Waals surface area contributed by atoms with Gasteiger partial charge in [0, 0.05) is 56.6 Å². The molecule has 3 aliphatic rings. The van der Waals surface area contributed by atoms with E-state index in [4.69, 9.17) is 33.6 Å². The fraction of sp³-hybridized carbons (Fsp3) is 0.796. The van der Waals surface area contributed by atoms with Crippen molar-refractivity contribution in [1.29, 1.82) is 0 Å². The number of nitrogens with one attached hydrogen (secondary N) is 1. The van der Waals surface area contributed by atoms with Crippen molar-refractivity contribution in [3.8, 4) is 11.3 Å². The molecule has 1 amide bonds. The number of amides is 1. The van der Waals surface area contributed by atoms with Gasteiger partial charge in [-0.15, -0.1) is 5.10 Å². The van der Waals surface area contributed by atoms with Crippen molar-refractivity contribution < 1.29 is 68.8 Å². The first-order valence-corrected chi connectivity index (χ1v) is 24.5. The van der Waals surface area contributed by atoms with Crippen LogP contribution in [0.15, 0.2) is 30.5 Å². The molecule has 3 saturated heterocycles. The number of benzene rings is 1. The molecule has 69 heavy (non-hydrogen) atoms. The molecule has 0 spiro atoms. The Morgan fingerprint density at radius 3 is 2.25 bits per heavy atom. The van der Waals surface area contributed by atoms with Crippen LogP contribution >= 0.6 is 0 Å². The van der Waals surface area contributed by atoms with Gasteiger partial charge in [0.05, 0.1) is 54.3 Å². The number of cyclic esters (lactones) is 1. The van der Waals surface area contributed by atoms with Crippen LogP contribution in [0.1, 0.15) is 107 Å². The summed E-state index contributed by atoms with van der Waals surface area (Å²) in [6.07, 6.45) is -7.47. The third kappa shape index (κ3) is 13.4. The maximum atomic E-state index is 14.6. The predicted octanol–water partition coefficient (Wildman–Crippen LogP) is 2.63. The van der Waals surface area contributed by atoms with E-state index in [1.54, 1.807) is 60.1 Å². The number of hydrogen-bond acceptors (Lipinski definition) is 18. The number of hydroxylamine groups is 1. The number of likely N-dealkylation sites (N-methyl/N-ethyl adjacent to an activating group) is 1. The molecule has 2 aromatic rings. The lowest BCUT2D eigenvalue weighted by Gasteiger charge is -2.48. The number of aliphatic hydroxyl groups excluding tert-OH is 3. The van der Waals surface area contributed by atoms with E-state index in [1.165, 1.54) is 18.7 Å². The van der Waals surface area contributed by atoms with Gasteiger partial charge < -0.3 is 58.9 Å². The third-order valence-electron chi connectivity index (χ3n) is 14.9. The molecular formula is C49H82N6O14. The number of aromatic nitrogens is 3. The van der Waals surface area contributed by atoms with Crippen molar-refractivity contribution in [3.63, 3.8) is 0 Å². The largest absolute Gasteiger partial charge is 0.459 e. The van der Waals surface area contributed by atoms with Crippen LogP contribution in [-0.2, 0) is 51.1 Å². The van der Waals surface area contributed by atoms with Gasteiger partial charge in [0.1, 0.15) is 35.7 Å².